The predicted molar refractivity (Wildman–Crippen MR) is 137 cm³/mol. The summed E-state index contributed by atoms with van der Waals surface area (Å²) in [6.07, 6.45) is 13.3. The highest BCUT2D eigenvalue weighted by Crippen LogP contribution is 2.30. The molecular weight excluding hydrogens is 451 g/mol. The van der Waals surface area contributed by atoms with Gasteiger partial charge >= 0.3 is 0 Å². The average molecular weight is 489 g/mol. The number of nitrogens with zero attached hydrogens (tertiary/aromatic N) is 2. The number of halogens is 1. The third-order valence-electron chi connectivity index (χ3n) is 6.62. The molecule has 1 fully saturated rings. The van der Waals surface area contributed by atoms with Gasteiger partial charge in [-0.1, -0.05) is 43.2 Å². The number of anilines is 1. The van der Waals surface area contributed by atoms with Crippen LogP contribution in [0.1, 0.15) is 45.4 Å². The van der Waals surface area contributed by atoms with Crippen LogP contribution in [0.2, 0.25) is 0 Å². The van der Waals surface area contributed by atoms with Crippen LogP contribution in [-0.4, -0.2) is 40.3 Å². The number of aliphatic hydroxyl groups is 1. The molecule has 1 aromatic carbocycles. The Morgan fingerprint density at radius 1 is 1.35 bits per heavy atom. The Labute approximate surface area is 205 Å². The van der Waals surface area contributed by atoms with Gasteiger partial charge in [0.1, 0.15) is 0 Å². The Kier molecular flexibility index (Phi) is 9.53. The maximum Gasteiger partial charge on any atom is 0.176 e. The Hall–Kier alpha value is -1.94. The van der Waals surface area contributed by atoms with Gasteiger partial charge in [-0.2, -0.15) is 0 Å². The SMILES string of the molecule is C=C(/C=C(/CC1C=CC=C(C)C1)N(N)c1ccc([S+](N)[O-])cc1F)CN(C)C1CCCCC1O. The van der Waals surface area contributed by atoms with Gasteiger partial charge in [-0.15, -0.1) is 5.14 Å². The molecule has 0 aromatic heterocycles. The Morgan fingerprint density at radius 2 is 2.09 bits per heavy atom. The molecule has 5 N–H and O–H groups in total. The van der Waals surface area contributed by atoms with E-state index in [2.05, 4.69) is 30.6 Å². The van der Waals surface area contributed by atoms with E-state index in [9.17, 15) is 14.0 Å². The van der Waals surface area contributed by atoms with Crippen LogP contribution in [0.4, 0.5) is 10.1 Å². The summed E-state index contributed by atoms with van der Waals surface area (Å²) in [6, 6.07) is 4.28. The molecular formula is C26H37FN4O2S. The third kappa shape index (κ3) is 7.04. The molecule has 4 unspecified atom stereocenters. The zero-order chi connectivity index (χ0) is 24.8. The van der Waals surface area contributed by atoms with Crippen molar-refractivity contribution in [1.29, 1.82) is 0 Å². The molecule has 1 aromatic rings. The number of benzene rings is 1. The molecule has 3 rings (SSSR count). The molecule has 0 amide bonds. The van der Waals surface area contributed by atoms with Gasteiger partial charge < -0.3 is 9.66 Å². The molecule has 0 radical (unpaired) electrons. The fourth-order valence-electron chi connectivity index (χ4n) is 4.85. The van der Waals surface area contributed by atoms with Crippen LogP contribution in [0.15, 0.2) is 70.8 Å². The summed E-state index contributed by atoms with van der Waals surface area (Å²) >= 11 is -1.77. The lowest BCUT2D eigenvalue weighted by Gasteiger charge is -2.35. The normalized spacial score (nSPS) is 24.2. The first-order chi connectivity index (χ1) is 16.2. The molecule has 0 spiro atoms. The summed E-state index contributed by atoms with van der Waals surface area (Å²) < 4.78 is 26.4. The fraction of sp³-hybridized carbons (Fsp3) is 0.462. The molecule has 34 heavy (non-hydrogen) atoms. The van der Waals surface area contributed by atoms with Crippen LogP contribution in [-0.2, 0) is 11.4 Å². The highest BCUT2D eigenvalue weighted by molar-refractivity contribution is 7.89. The minimum atomic E-state index is -1.77. The van der Waals surface area contributed by atoms with Crippen molar-refractivity contribution in [3.05, 3.63) is 71.7 Å². The second-order valence-corrected chi connectivity index (χ2v) is 10.5. The molecule has 6 nitrogen and oxygen atoms in total. The first-order valence-electron chi connectivity index (χ1n) is 11.8. The minimum Gasteiger partial charge on any atom is -0.593 e. The number of rotatable bonds is 9. The molecule has 0 heterocycles. The smallest absolute Gasteiger partial charge is 0.176 e. The number of nitrogens with two attached hydrogens (primary N) is 2. The largest absolute Gasteiger partial charge is 0.593 e. The lowest BCUT2D eigenvalue weighted by atomic mass is 9.90. The molecule has 0 saturated heterocycles. The number of hydrogen-bond donors (Lipinski definition) is 3. The maximum absolute atomic E-state index is 14.9. The first kappa shape index (κ1) is 26.7. The van der Waals surface area contributed by atoms with Crippen molar-refractivity contribution in [2.75, 3.05) is 18.6 Å². The van der Waals surface area contributed by atoms with Crippen molar-refractivity contribution >= 4 is 17.0 Å². The van der Waals surface area contributed by atoms with Gasteiger partial charge in [0.25, 0.3) is 0 Å². The Morgan fingerprint density at radius 3 is 2.74 bits per heavy atom. The van der Waals surface area contributed by atoms with Crippen molar-refractivity contribution < 1.29 is 14.0 Å². The van der Waals surface area contributed by atoms with Crippen LogP contribution in [0.5, 0.6) is 0 Å². The molecule has 2 aliphatic carbocycles. The van der Waals surface area contributed by atoms with E-state index in [1.165, 1.54) is 22.7 Å². The van der Waals surface area contributed by atoms with Crippen LogP contribution < -0.4 is 16.0 Å². The van der Waals surface area contributed by atoms with Crippen LogP contribution >= 0.6 is 0 Å². The van der Waals surface area contributed by atoms with Gasteiger partial charge in [0, 0.05) is 24.4 Å². The molecule has 1 saturated carbocycles. The van der Waals surface area contributed by atoms with E-state index in [-0.39, 0.29) is 28.6 Å². The van der Waals surface area contributed by atoms with Crippen molar-refractivity contribution in [1.82, 2.24) is 4.90 Å². The van der Waals surface area contributed by atoms with Crippen molar-refractivity contribution in [2.45, 2.75) is 62.5 Å². The number of hydrazine groups is 1. The molecule has 4 atom stereocenters. The number of aliphatic hydroxyl groups excluding tert-OH is 1. The van der Waals surface area contributed by atoms with Crippen LogP contribution in [0, 0.1) is 11.7 Å². The molecule has 2 aliphatic rings. The second kappa shape index (κ2) is 12.2. The predicted octanol–water partition coefficient (Wildman–Crippen LogP) is 4.08. The summed E-state index contributed by atoms with van der Waals surface area (Å²) in [5, 5.41) is 17.1. The molecule has 0 bridgehead atoms. The quantitative estimate of drug-likeness (QED) is 0.210. The fourth-order valence-corrected chi connectivity index (χ4v) is 5.27. The molecule has 0 aliphatic heterocycles. The second-order valence-electron chi connectivity index (χ2n) is 9.48. The van der Waals surface area contributed by atoms with E-state index in [1.54, 1.807) is 0 Å². The highest BCUT2D eigenvalue weighted by Gasteiger charge is 2.27. The van der Waals surface area contributed by atoms with Crippen molar-refractivity contribution in [3.8, 4) is 0 Å². The van der Waals surface area contributed by atoms with Crippen LogP contribution in [0.25, 0.3) is 0 Å². The standard InChI is InChI=1S/C26H37FN4O2S/c1-18-7-6-8-20(13-18)15-21(31(28)24-12-11-22(34(29)33)16-23(24)27)14-19(2)17-30(3)25-9-4-5-10-26(25)32/h6-8,11-12,14,16,20,25-26,32H,2,4-5,9-10,13,15,17,28-29H2,1,3H3/b21-14-. The van der Waals surface area contributed by atoms with E-state index < -0.39 is 17.2 Å². The van der Waals surface area contributed by atoms with Gasteiger partial charge in [0.2, 0.25) is 0 Å². The first-order valence-corrected chi connectivity index (χ1v) is 13.0. The lowest BCUT2D eigenvalue weighted by molar-refractivity contribution is 0.0366. The maximum atomic E-state index is 14.9. The van der Waals surface area contributed by atoms with Crippen LogP contribution in [0.3, 0.4) is 0 Å². The zero-order valence-corrected chi connectivity index (χ0v) is 20.9. The lowest BCUT2D eigenvalue weighted by Crippen LogP contribution is -2.44. The number of allylic oxidation sites excluding steroid dienone is 5. The summed E-state index contributed by atoms with van der Waals surface area (Å²) in [6.45, 7) is 6.90. The van der Waals surface area contributed by atoms with Gasteiger partial charge in [-0.25, -0.2) is 10.2 Å². The van der Waals surface area contributed by atoms with Gasteiger partial charge in [0.15, 0.2) is 10.7 Å². The third-order valence-corrected chi connectivity index (χ3v) is 7.34. The summed E-state index contributed by atoms with van der Waals surface area (Å²) in [4.78, 5) is 2.34. The zero-order valence-electron chi connectivity index (χ0n) is 20.1. The van der Waals surface area contributed by atoms with Crippen molar-refractivity contribution in [3.63, 3.8) is 0 Å². The van der Waals surface area contributed by atoms with E-state index in [1.807, 2.05) is 19.2 Å². The van der Waals surface area contributed by atoms with E-state index in [0.717, 1.165) is 49.4 Å². The van der Waals surface area contributed by atoms with Gasteiger partial charge in [-0.3, -0.25) is 9.91 Å². The van der Waals surface area contributed by atoms with Gasteiger partial charge in [-0.05, 0) is 69.4 Å². The van der Waals surface area contributed by atoms with E-state index in [4.69, 9.17) is 11.0 Å². The minimum absolute atomic E-state index is 0.104. The monoisotopic (exact) mass is 488 g/mol. The average Bonchev–Trinajstić information content (AvgIpc) is 2.78. The Bertz CT molecular complexity index is 962. The summed E-state index contributed by atoms with van der Waals surface area (Å²) in [7, 11) is 2.00. The van der Waals surface area contributed by atoms with Crippen molar-refractivity contribution in [2.24, 2.45) is 16.9 Å². The topological polar surface area (TPSA) is 102 Å². The van der Waals surface area contributed by atoms with Gasteiger partial charge in [0.05, 0.1) is 23.2 Å². The highest BCUT2D eigenvalue weighted by atomic mass is 32.2. The summed E-state index contributed by atoms with van der Waals surface area (Å²) in [5.41, 5.74) is 3.02. The number of likely N-dealkylation sites (N-methyl/N-ethyl adjacent to an activating group) is 1. The van der Waals surface area contributed by atoms with E-state index in [0.29, 0.717) is 13.0 Å². The number of hydrogen-bond acceptors (Lipinski definition) is 6. The van der Waals surface area contributed by atoms with E-state index >= 15 is 0 Å². The molecule has 8 heteroatoms. The summed E-state index contributed by atoms with van der Waals surface area (Å²) in [5.74, 6) is 6.09. The molecule has 186 valence electrons. The Balaban J connectivity index is 1.82.